The van der Waals surface area contributed by atoms with Gasteiger partial charge in [-0.3, -0.25) is 0 Å². The highest BCUT2D eigenvalue weighted by Crippen LogP contribution is 2.21. The summed E-state index contributed by atoms with van der Waals surface area (Å²) in [5, 5.41) is 13.9. The molecule has 0 aliphatic carbocycles. The molecule has 1 rings (SSSR count). The molecule has 0 radical (unpaired) electrons. The summed E-state index contributed by atoms with van der Waals surface area (Å²) >= 11 is 3.21. The zero-order chi connectivity index (χ0) is 12.1. The third kappa shape index (κ3) is 3.23. The normalized spacial score (nSPS) is 9.62. The molecule has 86 valence electrons. The zero-order valence-corrected chi connectivity index (χ0v) is 10.2. The van der Waals surface area contributed by atoms with Crippen LogP contribution in [0.25, 0.3) is 0 Å². The molecule has 0 aliphatic heterocycles. The Kier molecular flexibility index (Phi) is 4.30. The minimum atomic E-state index is -1.08. The highest BCUT2D eigenvalue weighted by molar-refractivity contribution is 9.10. The molecule has 0 saturated carbocycles. The van der Waals surface area contributed by atoms with Gasteiger partial charge in [-0.1, -0.05) is 15.9 Å². The summed E-state index contributed by atoms with van der Waals surface area (Å²) in [5.74, 6) is -1.08. The minimum absolute atomic E-state index is 0.0504. The van der Waals surface area contributed by atoms with Crippen molar-refractivity contribution in [3.8, 4) is 0 Å². The van der Waals surface area contributed by atoms with E-state index in [1.165, 1.54) is 6.07 Å². The van der Waals surface area contributed by atoms with E-state index in [0.717, 1.165) is 0 Å². The molecule has 0 spiro atoms. The fraction of sp³-hybridized carbons (Fsp3) is 0.200. The number of halogens is 1. The van der Waals surface area contributed by atoms with Crippen LogP contribution < -0.4 is 10.6 Å². The highest BCUT2D eigenvalue weighted by atomic mass is 79.9. The van der Waals surface area contributed by atoms with Crippen LogP contribution >= 0.6 is 15.9 Å². The SMILES string of the molecule is CCNC(=O)Nc1cc(Br)ccc1C(=O)O. The molecule has 2 amide bonds. The standard InChI is InChI=1S/C10H11BrN2O3/c1-2-12-10(16)13-8-5-6(11)3-4-7(8)9(14)15/h3-5H,2H2,1H3,(H,14,15)(H2,12,13,16). The molecule has 16 heavy (non-hydrogen) atoms. The minimum Gasteiger partial charge on any atom is -0.478 e. The molecule has 5 nitrogen and oxygen atoms in total. The van der Waals surface area contributed by atoms with Gasteiger partial charge in [-0.15, -0.1) is 0 Å². The number of carbonyl (C=O) groups excluding carboxylic acids is 1. The molecule has 1 aromatic rings. The van der Waals surface area contributed by atoms with Crippen LogP contribution in [0.3, 0.4) is 0 Å². The van der Waals surface area contributed by atoms with E-state index in [4.69, 9.17) is 5.11 Å². The molecule has 0 saturated heterocycles. The molecule has 0 aromatic heterocycles. The smallest absolute Gasteiger partial charge is 0.337 e. The van der Waals surface area contributed by atoms with E-state index in [1.807, 2.05) is 0 Å². The molecule has 3 N–H and O–H groups in total. The quantitative estimate of drug-likeness (QED) is 0.798. The van der Waals surface area contributed by atoms with E-state index in [0.29, 0.717) is 11.0 Å². The molecule has 6 heteroatoms. The summed E-state index contributed by atoms with van der Waals surface area (Å²) in [7, 11) is 0. The molecule has 0 heterocycles. The fourth-order valence-corrected chi connectivity index (χ4v) is 1.49. The van der Waals surface area contributed by atoms with Crippen molar-refractivity contribution in [1.29, 1.82) is 0 Å². The van der Waals surface area contributed by atoms with E-state index < -0.39 is 12.0 Å². The lowest BCUT2D eigenvalue weighted by Gasteiger charge is -2.09. The van der Waals surface area contributed by atoms with E-state index in [9.17, 15) is 9.59 Å². The number of benzene rings is 1. The van der Waals surface area contributed by atoms with Gasteiger partial charge in [0.15, 0.2) is 0 Å². The summed E-state index contributed by atoms with van der Waals surface area (Å²) in [6.07, 6.45) is 0. The van der Waals surface area contributed by atoms with Gasteiger partial charge in [-0.25, -0.2) is 9.59 Å². The Balaban J connectivity index is 2.96. The first-order valence-electron chi connectivity index (χ1n) is 4.62. The topological polar surface area (TPSA) is 78.4 Å². The summed E-state index contributed by atoms with van der Waals surface area (Å²) in [6.45, 7) is 2.25. The van der Waals surface area contributed by atoms with Gasteiger partial charge in [0.1, 0.15) is 0 Å². The summed E-state index contributed by atoms with van der Waals surface area (Å²) in [4.78, 5) is 22.2. The second-order valence-corrected chi connectivity index (χ2v) is 3.90. The number of nitrogens with one attached hydrogen (secondary N) is 2. The number of carboxylic acids is 1. The van der Waals surface area contributed by atoms with E-state index in [2.05, 4.69) is 26.6 Å². The zero-order valence-electron chi connectivity index (χ0n) is 8.58. The average molecular weight is 287 g/mol. The number of urea groups is 1. The molecule has 0 aliphatic rings. The Labute approximate surface area is 101 Å². The van der Waals surface area contributed by atoms with Crippen LogP contribution in [-0.4, -0.2) is 23.7 Å². The molecule has 0 unspecified atom stereocenters. The third-order valence-electron chi connectivity index (χ3n) is 1.80. The number of rotatable bonds is 3. The second kappa shape index (κ2) is 5.50. The Morgan fingerprint density at radius 3 is 2.69 bits per heavy atom. The van der Waals surface area contributed by atoms with Crippen LogP contribution in [-0.2, 0) is 0 Å². The predicted molar refractivity (Wildman–Crippen MR) is 63.8 cm³/mol. The maximum absolute atomic E-state index is 11.3. The van der Waals surface area contributed by atoms with Gasteiger partial charge in [-0.05, 0) is 25.1 Å². The third-order valence-corrected chi connectivity index (χ3v) is 2.29. The number of amides is 2. The van der Waals surface area contributed by atoms with Gasteiger partial charge in [0.25, 0.3) is 0 Å². The van der Waals surface area contributed by atoms with Crippen LogP contribution in [0.2, 0.25) is 0 Å². The van der Waals surface area contributed by atoms with Crippen LogP contribution in [0.1, 0.15) is 17.3 Å². The molecular weight excluding hydrogens is 276 g/mol. The summed E-state index contributed by atoms with van der Waals surface area (Å²) < 4.78 is 0.698. The van der Waals surface area contributed by atoms with Crippen LogP contribution in [0.15, 0.2) is 22.7 Å². The number of anilines is 1. The first-order valence-corrected chi connectivity index (χ1v) is 5.41. The maximum atomic E-state index is 11.3. The predicted octanol–water partition coefficient (Wildman–Crippen LogP) is 2.29. The van der Waals surface area contributed by atoms with Gasteiger partial charge >= 0.3 is 12.0 Å². The Bertz CT molecular complexity index is 421. The fourth-order valence-electron chi connectivity index (χ4n) is 1.13. The van der Waals surface area contributed by atoms with Gasteiger partial charge in [0.2, 0.25) is 0 Å². The average Bonchev–Trinajstić information content (AvgIpc) is 2.17. The van der Waals surface area contributed by atoms with Gasteiger partial charge in [0, 0.05) is 11.0 Å². The lowest BCUT2D eigenvalue weighted by atomic mass is 10.2. The molecule has 0 atom stereocenters. The number of carbonyl (C=O) groups is 2. The summed E-state index contributed by atoms with van der Waals surface area (Å²) in [5.41, 5.74) is 0.308. The van der Waals surface area contributed by atoms with Crippen molar-refractivity contribution >= 4 is 33.6 Å². The number of hydrogen-bond acceptors (Lipinski definition) is 2. The molecule has 0 bridgehead atoms. The first kappa shape index (κ1) is 12.5. The summed E-state index contributed by atoms with van der Waals surface area (Å²) in [6, 6.07) is 4.14. The van der Waals surface area contributed by atoms with E-state index in [1.54, 1.807) is 19.1 Å². The highest BCUT2D eigenvalue weighted by Gasteiger charge is 2.12. The molecule has 1 aromatic carbocycles. The molecular formula is C10H11BrN2O3. The lowest BCUT2D eigenvalue weighted by molar-refractivity contribution is 0.0698. The monoisotopic (exact) mass is 286 g/mol. The van der Waals surface area contributed by atoms with Gasteiger partial charge in [0.05, 0.1) is 11.3 Å². The maximum Gasteiger partial charge on any atom is 0.337 e. The van der Waals surface area contributed by atoms with Crippen molar-refractivity contribution in [2.45, 2.75) is 6.92 Å². The van der Waals surface area contributed by atoms with Crippen molar-refractivity contribution in [1.82, 2.24) is 5.32 Å². The van der Waals surface area contributed by atoms with Crippen LogP contribution in [0.5, 0.6) is 0 Å². The van der Waals surface area contributed by atoms with Crippen molar-refractivity contribution in [2.75, 3.05) is 11.9 Å². The Morgan fingerprint density at radius 1 is 1.44 bits per heavy atom. The number of aromatic carboxylic acids is 1. The largest absolute Gasteiger partial charge is 0.478 e. The van der Waals surface area contributed by atoms with Gasteiger partial charge < -0.3 is 15.7 Å². The van der Waals surface area contributed by atoms with E-state index in [-0.39, 0.29) is 11.3 Å². The van der Waals surface area contributed by atoms with Crippen molar-refractivity contribution < 1.29 is 14.7 Å². The van der Waals surface area contributed by atoms with Gasteiger partial charge in [-0.2, -0.15) is 0 Å². The second-order valence-electron chi connectivity index (χ2n) is 2.98. The first-order chi connectivity index (χ1) is 7.54. The molecule has 0 fully saturated rings. The number of carboxylic acid groups (broad SMARTS) is 1. The van der Waals surface area contributed by atoms with Crippen molar-refractivity contribution in [2.24, 2.45) is 0 Å². The van der Waals surface area contributed by atoms with E-state index >= 15 is 0 Å². The number of hydrogen-bond donors (Lipinski definition) is 3. The lowest BCUT2D eigenvalue weighted by Crippen LogP contribution is -2.28. The van der Waals surface area contributed by atoms with Crippen molar-refractivity contribution in [3.63, 3.8) is 0 Å². The van der Waals surface area contributed by atoms with Crippen LogP contribution in [0.4, 0.5) is 10.5 Å². The Hall–Kier alpha value is -1.56. The Morgan fingerprint density at radius 2 is 2.12 bits per heavy atom. The van der Waals surface area contributed by atoms with Crippen molar-refractivity contribution in [3.05, 3.63) is 28.2 Å². The van der Waals surface area contributed by atoms with Crippen LogP contribution in [0, 0.1) is 0 Å².